The number of nitrogens with one attached hydrogen (secondary N) is 1. The quantitative estimate of drug-likeness (QED) is 0.844. The predicted octanol–water partition coefficient (Wildman–Crippen LogP) is 1.16. The molecule has 0 aliphatic heterocycles. The maximum atomic E-state index is 11.7. The number of carbonyl (C=O) groups excluding carboxylic acids is 1. The lowest BCUT2D eigenvalue weighted by Crippen LogP contribution is -2.45. The number of carbonyl (C=O) groups is 2. The topological polar surface area (TPSA) is 92.2 Å². The average Bonchev–Trinajstić information content (AvgIpc) is 2.66. The number of hydrogen-bond donors (Lipinski definition) is 2. The van der Waals surface area contributed by atoms with E-state index in [-0.39, 0.29) is 23.4 Å². The van der Waals surface area contributed by atoms with E-state index in [4.69, 9.17) is 5.11 Å². The van der Waals surface area contributed by atoms with Gasteiger partial charge in [0, 0.05) is 11.4 Å². The van der Waals surface area contributed by atoms with E-state index in [0.29, 0.717) is 0 Å². The van der Waals surface area contributed by atoms with Crippen molar-refractivity contribution in [1.29, 1.82) is 0 Å². The Morgan fingerprint density at radius 1 is 1.53 bits per heavy atom. The average molecular weight is 257 g/mol. The van der Waals surface area contributed by atoms with Gasteiger partial charge in [0.25, 0.3) is 5.91 Å². The predicted molar refractivity (Wildman–Crippen MR) is 62.9 cm³/mol. The lowest BCUT2D eigenvalue weighted by Gasteiger charge is -2.30. The number of rotatable bonds is 4. The van der Waals surface area contributed by atoms with Crippen LogP contribution in [0, 0.1) is 5.41 Å². The van der Waals surface area contributed by atoms with Crippen LogP contribution in [0.4, 0.5) is 0 Å². The molecule has 1 atom stereocenters. The van der Waals surface area contributed by atoms with Crippen molar-refractivity contribution in [2.75, 3.05) is 0 Å². The highest BCUT2D eigenvalue weighted by Gasteiger charge is 2.29. The summed E-state index contributed by atoms with van der Waals surface area (Å²) in [6.45, 7) is 5.63. The summed E-state index contributed by atoms with van der Waals surface area (Å²) >= 11 is 1.08. The molecule has 0 bridgehead atoms. The van der Waals surface area contributed by atoms with Crippen molar-refractivity contribution >= 4 is 23.4 Å². The third-order valence-electron chi connectivity index (χ3n) is 2.32. The molecule has 0 aliphatic carbocycles. The summed E-state index contributed by atoms with van der Waals surface area (Å²) in [5.74, 6) is -1.33. The van der Waals surface area contributed by atoms with E-state index in [1.807, 2.05) is 20.8 Å². The molecule has 17 heavy (non-hydrogen) atoms. The third kappa shape index (κ3) is 4.10. The van der Waals surface area contributed by atoms with E-state index < -0.39 is 12.0 Å². The van der Waals surface area contributed by atoms with Crippen LogP contribution in [0.25, 0.3) is 0 Å². The van der Waals surface area contributed by atoms with Crippen LogP contribution in [0.2, 0.25) is 0 Å². The van der Waals surface area contributed by atoms with E-state index in [1.54, 1.807) is 0 Å². The molecule has 1 amide bonds. The van der Waals surface area contributed by atoms with Crippen LogP contribution in [-0.4, -0.2) is 32.6 Å². The minimum Gasteiger partial charge on any atom is -0.481 e. The maximum absolute atomic E-state index is 11.7. The number of amides is 1. The molecule has 1 aromatic heterocycles. The van der Waals surface area contributed by atoms with Crippen molar-refractivity contribution in [3.8, 4) is 0 Å². The van der Waals surface area contributed by atoms with Gasteiger partial charge in [-0.3, -0.25) is 9.59 Å². The number of nitrogens with zero attached hydrogens (tertiary/aromatic N) is 2. The summed E-state index contributed by atoms with van der Waals surface area (Å²) in [5, 5.41) is 16.7. The lowest BCUT2D eigenvalue weighted by molar-refractivity contribution is -0.138. The molecule has 0 saturated carbocycles. The minimum absolute atomic E-state index is 0.118. The highest BCUT2D eigenvalue weighted by molar-refractivity contribution is 7.03. The van der Waals surface area contributed by atoms with Crippen LogP contribution in [0.1, 0.15) is 37.7 Å². The van der Waals surface area contributed by atoms with Crippen LogP contribution < -0.4 is 5.32 Å². The second-order valence-electron chi connectivity index (χ2n) is 4.78. The fraction of sp³-hybridized carbons (Fsp3) is 0.600. The van der Waals surface area contributed by atoms with E-state index >= 15 is 0 Å². The fourth-order valence-corrected chi connectivity index (χ4v) is 1.68. The monoisotopic (exact) mass is 257 g/mol. The first-order valence-electron chi connectivity index (χ1n) is 5.10. The Balaban J connectivity index is 2.73. The Kier molecular flexibility index (Phi) is 4.17. The summed E-state index contributed by atoms with van der Waals surface area (Å²) < 4.78 is 3.59. The van der Waals surface area contributed by atoms with Crippen LogP contribution in [-0.2, 0) is 4.79 Å². The Morgan fingerprint density at radius 2 is 2.18 bits per heavy atom. The van der Waals surface area contributed by atoms with Gasteiger partial charge in [0.05, 0.1) is 6.42 Å². The Hall–Kier alpha value is -1.50. The van der Waals surface area contributed by atoms with Crippen molar-refractivity contribution in [1.82, 2.24) is 14.9 Å². The Bertz CT molecular complexity index is 397. The molecule has 1 heterocycles. The summed E-state index contributed by atoms with van der Waals surface area (Å²) in [7, 11) is 0. The maximum Gasteiger partial charge on any atom is 0.305 e. The van der Waals surface area contributed by atoms with Gasteiger partial charge in [-0.05, 0) is 16.9 Å². The van der Waals surface area contributed by atoms with Crippen molar-refractivity contribution in [2.24, 2.45) is 5.41 Å². The zero-order valence-corrected chi connectivity index (χ0v) is 10.7. The standard InChI is InChI=1S/C10H15N3O3S/c1-10(2,3)7(4-8(14)15)11-9(16)6-5-17-13-12-6/h5,7H,4H2,1-3H3,(H,11,16)(H,14,15). The first kappa shape index (κ1) is 13.6. The van der Waals surface area contributed by atoms with Gasteiger partial charge >= 0.3 is 5.97 Å². The Labute approximate surface area is 103 Å². The highest BCUT2D eigenvalue weighted by Crippen LogP contribution is 2.22. The van der Waals surface area contributed by atoms with Gasteiger partial charge in [-0.1, -0.05) is 25.3 Å². The number of aromatic nitrogens is 2. The molecule has 2 N–H and O–H groups in total. The molecule has 0 saturated heterocycles. The first-order chi connectivity index (χ1) is 7.80. The van der Waals surface area contributed by atoms with Crippen molar-refractivity contribution < 1.29 is 14.7 Å². The van der Waals surface area contributed by atoms with Crippen LogP contribution in [0.5, 0.6) is 0 Å². The molecule has 0 aliphatic rings. The lowest BCUT2D eigenvalue weighted by atomic mass is 9.84. The van der Waals surface area contributed by atoms with Crippen LogP contribution >= 0.6 is 11.5 Å². The number of carboxylic acid groups (broad SMARTS) is 1. The molecular formula is C10H15N3O3S. The smallest absolute Gasteiger partial charge is 0.305 e. The number of aliphatic carboxylic acids is 1. The van der Waals surface area contributed by atoms with Gasteiger partial charge in [0.15, 0.2) is 5.69 Å². The fourth-order valence-electron chi connectivity index (χ4n) is 1.24. The van der Waals surface area contributed by atoms with Crippen LogP contribution in [0.3, 0.4) is 0 Å². The molecule has 0 fully saturated rings. The third-order valence-corrected chi connectivity index (χ3v) is 2.83. The van der Waals surface area contributed by atoms with E-state index in [9.17, 15) is 9.59 Å². The second-order valence-corrected chi connectivity index (χ2v) is 5.39. The summed E-state index contributed by atoms with van der Waals surface area (Å²) in [6.07, 6.45) is -0.118. The van der Waals surface area contributed by atoms with Gasteiger partial charge in [0.2, 0.25) is 0 Å². The molecule has 1 aromatic rings. The molecule has 1 unspecified atom stereocenters. The number of carboxylic acids is 1. The molecule has 0 spiro atoms. The summed E-state index contributed by atoms with van der Waals surface area (Å²) in [4.78, 5) is 22.5. The van der Waals surface area contributed by atoms with E-state index in [0.717, 1.165) is 11.5 Å². The SMILES string of the molecule is CC(C)(C)C(CC(=O)O)NC(=O)c1csnn1. The van der Waals surface area contributed by atoms with Gasteiger partial charge in [0.1, 0.15) is 0 Å². The normalized spacial score (nSPS) is 13.1. The second kappa shape index (κ2) is 5.22. The Morgan fingerprint density at radius 3 is 2.59 bits per heavy atom. The van der Waals surface area contributed by atoms with Gasteiger partial charge in [-0.25, -0.2) is 0 Å². The summed E-state index contributed by atoms with van der Waals surface area (Å²) in [6, 6.07) is -0.450. The van der Waals surface area contributed by atoms with Crippen LogP contribution in [0.15, 0.2) is 5.38 Å². The van der Waals surface area contributed by atoms with Gasteiger partial charge < -0.3 is 10.4 Å². The van der Waals surface area contributed by atoms with E-state index in [1.165, 1.54) is 5.38 Å². The number of hydrogen-bond acceptors (Lipinski definition) is 5. The molecule has 6 nitrogen and oxygen atoms in total. The molecule has 7 heteroatoms. The molecular weight excluding hydrogens is 242 g/mol. The largest absolute Gasteiger partial charge is 0.481 e. The summed E-state index contributed by atoms with van der Waals surface area (Å²) in [5.41, 5.74) is -0.119. The van der Waals surface area contributed by atoms with Gasteiger partial charge in [-0.15, -0.1) is 5.10 Å². The molecule has 0 radical (unpaired) electrons. The molecule has 0 aromatic carbocycles. The molecule has 1 rings (SSSR count). The first-order valence-corrected chi connectivity index (χ1v) is 5.94. The zero-order valence-electron chi connectivity index (χ0n) is 9.93. The molecule has 94 valence electrons. The minimum atomic E-state index is -0.943. The zero-order chi connectivity index (χ0) is 13.1. The van der Waals surface area contributed by atoms with Crippen molar-refractivity contribution in [2.45, 2.75) is 33.2 Å². The van der Waals surface area contributed by atoms with E-state index in [2.05, 4.69) is 14.9 Å². The van der Waals surface area contributed by atoms with Crippen molar-refractivity contribution in [3.05, 3.63) is 11.1 Å². The highest BCUT2D eigenvalue weighted by atomic mass is 32.1. The van der Waals surface area contributed by atoms with Crippen molar-refractivity contribution in [3.63, 3.8) is 0 Å². The van der Waals surface area contributed by atoms with Gasteiger partial charge in [-0.2, -0.15) is 0 Å².